The highest BCUT2D eigenvalue weighted by Gasteiger charge is 2.34. The smallest absolute Gasteiger partial charge is 0.0204 e. The van der Waals surface area contributed by atoms with Crippen molar-refractivity contribution in [3.8, 4) is 0 Å². The van der Waals surface area contributed by atoms with Crippen molar-refractivity contribution in [2.75, 3.05) is 0 Å². The minimum absolute atomic E-state index is 0.298. The SMILES string of the molecule is C1CCCC(P(C2CCCCCCC2)C2CCCCCCC2)CCC1. The minimum atomic E-state index is 0.298. The Kier molecular flexibility index (Phi) is 9.68. The van der Waals surface area contributed by atoms with Gasteiger partial charge in [0.05, 0.1) is 0 Å². The van der Waals surface area contributed by atoms with E-state index < -0.39 is 0 Å². The Labute approximate surface area is 160 Å². The van der Waals surface area contributed by atoms with Gasteiger partial charge in [-0.25, -0.2) is 0 Å². The lowest BCUT2D eigenvalue weighted by molar-refractivity contribution is 0.469. The molecule has 3 saturated carbocycles. The van der Waals surface area contributed by atoms with Crippen molar-refractivity contribution in [1.82, 2.24) is 0 Å². The third-order valence-corrected chi connectivity index (χ3v) is 11.6. The zero-order valence-electron chi connectivity index (χ0n) is 17.0. The second-order valence-corrected chi connectivity index (χ2v) is 12.5. The standard InChI is InChI=1S/C24H45P/c1-4-10-16-22(17-11-5-1)25(23-18-12-6-2-7-13-19-23)24-20-14-8-3-9-15-21-24/h22-24H,1-21H2. The van der Waals surface area contributed by atoms with Crippen LogP contribution in [0.1, 0.15) is 135 Å². The summed E-state index contributed by atoms with van der Waals surface area (Å²) < 4.78 is 0. The Hall–Kier alpha value is 0.430. The highest BCUT2D eigenvalue weighted by Crippen LogP contribution is 2.60. The van der Waals surface area contributed by atoms with Crippen molar-refractivity contribution in [1.29, 1.82) is 0 Å². The molecule has 0 radical (unpaired) electrons. The Morgan fingerprint density at radius 3 is 0.720 bits per heavy atom. The van der Waals surface area contributed by atoms with Gasteiger partial charge in [0.2, 0.25) is 0 Å². The summed E-state index contributed by atoms with van der Waals surface area (Å²) in [5.41, 5.74) is 3.47. The molecular formula is C24H45P. The second kappa shape index (κ2) is 12.0. The molecule has 146 valence electrons. The summed E-state index contributed by atoms with van der Waals surface area (Å²) in [5.74, 6) is 0. The number of rotatable bonds is 3. The highest BCUT2D eigenvalue weighted by atomic mass is 31.1. The fraction of sp³-hybridized carbons (Fsp3) is 1.00. The molecule has 0 heterocycles. The predicted octanol–water partition coefficient (Wildman–Crippen LogP) is 8.81. The third kappa shape index (κ3) is 6.83. The first kappa shape index (κ1) is 20.2. The van der Waals surface area contributed by atoms with Crippen LogP contribution in [0.2, 0.25) is 0 Å². The van der Waals surface area contributed by atoms with Crippen molar-refractivity contribution in [3.05, 3.63) is 0 Å². The normalized spacial score (nSPS) is 27.7. The molecule has 0 amide bonds. The molecule has 25 heavy (non-hydrogen) atoms. The first-order valence-electron chi connectivity index (χ1n) is 12.2. The Balaban J connectivity index is 1.72. The maximum Gasteiger partial charge on any atom is -0.0204 e. The molecule has 1 heteroatoms. The van der Waals surface area contributed by atoms with E-state index in [1.807, 2.05) is 0 Å². The van der Waals surface area contributed by atoms with Gasteiger partial charge in [-0.15, -0.1) is 0 Å². The van der Waals surface area contributed by atoms with E-state index in [4.69, 9.17) is 0 Å². The molecule has 0 N–H and O–H groups in total. The monoisotopic (exact) mass is 364 g/mol. The second-order valence-electron chi connectivity index (χ2n) is 9.44. The highest BCUT2D eigenvalue weighted by molar-refractivity contribution is 7.59. The van der Waals surface area contributed by atoms with Crippen LogP contribution >= 0.6 is 7.92 Å². The summed E-state index contributed by atoms with van der Waals surface area (Å²) in [6.45, 7) is 0. The first-order chi connectivity index (χ1) is 12.4. The van der Waals surface area contributed by atoms with Gasteiger partial charge in [0.1, 0.15) is 0 Å². The van der Waals surface area contributed by atoms with E-state index in [2.05, 4.69) is 0 Å². The summed E-state index contributed by atoms with van der Waals surface area (Å²) in [5, 5.41) is 0. The Bertz CT molecular complexity index is 263. The van der Waals surface area contributed by atoms with Crippen LogP contribution in [0, 0.1) is 0 Å². The van der Waals surface area contributed by atoms with Gasteiger partial charge >= 0.3 is 0 Å². The maximum atomic E-state index is 1.61. The zero-order valence-corrected chi connectivity index (χ0v) is 17.9. The van der Waals surface area contributed by atoms with Crippen molar-refractivity contribution >= 4 is 7.92 Å². The molecule has 0 aromatic rings. The van der Waals surface area contributed by atoms with Gasteiger partial charge in [-0.2, -0.15) is 0 Å². The minimum Gasteiger partial charge on any atom is -0.0971 e. The van der Waals surface area contributed by atoms with Gasteiger partial charge in [-0.1, -0.05) is 104 Å². The molecule has 3 fully saturated rings. The van der Waals surface area contributed by atoms with Gasteiger partial charge in [-0.05, 0) is 55.5 Å². The average Bonchev–Trinajstić information content (AvgIpc) is 2.51. The van der Waals surface area contributed by atoms with Crippen LogP contribution in [0.4, 0.5) is 0 Å². The molecule has 0 saturated heterocycles. The van der Waals surface area contributed by atoms with E-state index in [0.29, 0.717) is 7.92 Å². The molecule has 0 aliphatic heterocycles. The molecule has 3 aliphatic rings. The topological polar surface area (TPSA) is 0 Å². The van der Waals surface area contributed by atoms with Crippen LogP contribution in [0.5, 0.6) is 0 Å². The van der Waals surface area contributed by atoms with Crippen LogP contribution in [-0.2, 0) is 0 Å². The lowest BCUT2D eigenvalue weighted by atomic mass is 9.99. The Morgan fingerprint density at radius 2 is 0.480 bits per heavy atom. The zero-order chi connectivity index (χ0) is 17.2. The molecule has 3 aliphatic carbocycles. The van der Waals surface area contributed by atoms with Crippen LogP contribution < -0.4 is 0 Å². The fourth-order valence-corrected chi connectivity index (χ4v) is 10.8. The van der Waals surface area contributed by atoms with Crippen molar-refractivity contribution in [2.45, 2.75) is 152 Å². The first-order valence-corrected chi connectivity index (χ1v) is 13.8. The van der Waals surface area contributed by atoms with E-state index in [0.717, 1.165) is 17.0 Å². The van der Waals surface area contributed by atoms with Gasteiger partial charge < -0.3 is 0 Å². The predicted molar refractivity (Wildman–Crippen MR) is 115 cm³/mol. The van der Waals surface area contributed by atoms with Crippen molar-refractivity contribution < 1.29 is 0 Å². The number of hydrogen-bond acceptors (Lipinski definition) is 0. The van der Waals surface area contributed by atoms with E-state index in [-0.39, 0.29) is 0 Å². The summed E-state index contributed by atoms with van der Waals surface area (Å²) in [6, 6.07) is 0. The fourth-order valence-electron chi connectivity index (χ4n) is 6.09. The summed E-state index contributed by atoms with van der Waals surface area (Å²) in [4.78, 5) is 0. The van der Waals surface area contributed by atoms with E-state index in [1.54, 1.807) is 77.0 Å². The molecular weight excluding hydrogens is 319 g/mol. The molecule has 0 atom stereocenters. The van der Waals surface area contributed by atoms with E-state index in [9.17, 15) is 0 Å². The van der Waals surface area contributed by atoms with Crippen molar-refractivity contribution in [3.63, 3.8) is 0 Å². The van der Waals surface area contributed by atoms with Crippen LogP contribution in [0.25, 0.3) is 0 Å². The van der Waals surface area contributed by atoms with Gasteiger partial charge in [0.25, 0.3) is 0 Å². The summed E-state index contributed by atoms with van der Waals surface area (Å²) in [6.07, 6.45) is 32.8. The van der Waals surface area contributed by atoms with Crippen LogP contribution in [0.15, 0.2) is 0 Å². The van der Waals surface area contributed by atoms with Gasteiger partial charge in [-0.3, -0.25) is 0 Å². The molecule has 0 unspecified atom stereocenters. The molecule has 0 bridgehead atoms. The Morgan fingerprint density at radius 1 is 0.280 bits per heavy atom. The summed E-state index contributed by atoms with van der Waals surface area (Å²) >= 11 is 0. The van der Waals surface area contributed by atoms with Crippen LogP contribution in [-0.4, -0.2) is 17.0 Å². The van der Waals surface area contributed by atoms with E-state index in [1.165, 1.54) is 57.8 Å². The lowest BCUT2D eigenvalue weighted by Crippen LogP contribution is -2.26. The molecule has 0 spiro atoms. The summed E-state index contributed by atoms with van der Waals surface area (Å²) in [7, 11) is 0.298. The lowest BCUT2D eigenvalue weighted by Gasteiger charge is -2.42. The molecule has 0 aromatic carbocycles. The van der Waals surface area contributed by atoms with Crippen LogP contribution in [0.3, 0.4) is 0 Å². The molecule has 0 aromatic heterocycles. The van der Waals surface area contributed by atoms with Gasteiger partial charge in [0.15, 0.2) is 0 Å². The molecule has 3 rings (SSSR count). The largest absolute Gasteiger partial charge is 0.0971 e. The average molecular weight is 365 g/mol. The quantitative estimate of drug-likeness (QED) is 0.439. The number of hydrogen-bond donors (Lipinski definition) is 0. The molecule has 0 nitrogen and oxygen atoms in total. The third-order valence-electron chi connectivity index (χ3n) is 7.49. The van der Waals surface area contributed by atoms with E-state index >= 15 is 0 Å². The maximum absolute atomic E-state index is 1.61. The van der Waals surface area contributed by atoms with Gasteiger partial charge in [0, 0.05) is 0 Å². The van der Waals surface area contributed by atoms with Crippen molar-refractivity contribution in [2.24, 2.45) is 0 Å².